The van der Waals surface area contributed by atoms with Gasteiger partial charge in [0.2, 0.25) is 0 Å². The molecule has 156 valence electrons. The maximum Gasteiger partial charge on any atom is 0.253 e. The lowest BCUT2D eigenvalue weighted by Gasteiger charge is -2.54. The molecule has 0 unspecified atom stereocenters. The Balaban J connectivity index is 1.31. The van der Waals surface area contributed by atoms with E-state index in [2.05, 4.69) is 40.7 Å². The molecule has 0 bridgehead atoms. The summed E-state index contributed by atoms with van der Waals surface area (Å²) in [4.78, 5) is 13.2. The Morgan fingerprint density at radius 1 is 1.10 bits per heavy atom. The first-order valence-electron chi connectivity index (χ1n) is 11.0. The summed E-state index contributed by atoms with van der Waals surface area (Å²) in [6, 6.07) is 18.7. The van der Waals surface area contributed by atoms with Crippen LogP contribution < -0.4 is 5.32 Å². The Hall–Kier alpha value is -2.85. The largest absolute Gasteiger partial charge is 0.349 e. The lowest BCUT2D eigenvalue weighted by molar-refractivity contribution is -0.000603. The van der Waals surface area contributed by atoms with Crippen molar-refractivity contribution in [3.8, 4) is 0 Å². The number of hydrogen-bond acceptors (Lipinski definition) is 2. The number of fused-ring (bicyclic) bond motifs is 2. The Morgan fingerprint density at radius 3 is 2.68 bits per heavy atom. The first kappa shape index (κ1) is 18.9. The molecule has 3 aromatic carbocycles. The number of nitrogens with one attached hydrogen (secondary N) is 1. The zero-order valence-corrected chi connectivity index (χ0v) is 18.0. The molecular formula is C26H24ClN3O. The molecule has 4 aromatic rings. The van der Waals surface area contributed by atoms with Crippen molar-refractivity contribution in [2.75, 3.05) is 0 Å². The highest BCUT2D eigenvalue weighted by Gasteiger charge is 2.48. The number of benzene rings is 3. The molecule has 5 heteroatoms. The van der Waals surface area contributed by atoms with Crippen LogP contribution in [0.5, 0.6) is 0 Å². The topological polar surface area (TPSA) is 46.9 Å². The highest BCUT2D eigenvalue weighted by atomic mass is 35.5. The first-order valence-corrected chi connectivity index (χ1v) is 11.4. The summed E-state index contributed by atoms with van der Waals surface area (Å²) in [5, 5.41) is 11.7. The van der Waals surface area contributed by atoms with Gasteiger partial charge in [-0.15, -0.1) is 0 Å². The summed E-state index contributed by atoms with van der Waals surface area (Å²) < 4.78 is 1.90. The maximum absolute atomic E-state index is 13.2. The van der Waals surface area contributed by atoms with E-state index in [-0.39, 0.29) is 11.9 Å². The van der Waals surface area contributed by atoms with Crippen LogP contribution in [0.2, 0.25) is 5.02 Å². The van der Waals surface area contributed by atoms with Gasteiger partial charge in [0.1, 0.15) is 0 Å². The molecule has 31 heavy (non-hydrogen) atoms. The second-order valence-corrected chi connectivity index (χ2v) is 9.68. The first-order chi connectivity index (χ1) is 15.1. The number of amides is 1. The molecule has 1 amide bonds. The van der Waals surface area contributed by atoms with Crippen LogP contribution in [0.4, 0.5) is 0 Å². The fourth-order valence-electron chi connectivity index (χ4n) is 5.42. The fraction of sp³-hybridized carbons (Fsp3) is 0.308. The van der Waals surface area contributed by atoms with E-state index < -0.39 is 0 Å². The lowest BCUT2D eigenvalue weighted by Crippen LogP contribution is -2.53. The van der Waals surface area contributed by atoms with Gasteiger partial charge in [-0.3, -0.25) is 9.48 Å². The summed E-state index contributed by atoms with van der Waals surface area (Å²) in [7, 11) is 0. The van der Waals surface area contributed by atoms with Gasteiger partial charge in [0.05, 0.1) is 28.8 Å². The molecule has 2 aliphatic carbocycles. The second kappa shape index (κ2) is 7.10. The Kier molecular flexibility index (Phi) is 4.32. The van der Waals surface area contributed by atoms with Gasteiger partial charge in [-0.25, -0.2) is 0 Å². The smallest absolute Gasteiger partial charge is 0.253 e. The van der Waals surface area contributed by atoms with E-state index in [0.717, 1.165) is 29.3 Å². The normalized spacial score (nSPS) is 17.6. The highest BCUT2D eigenvalue weighted by Crippen LogP contribution is 2.55. The Morgan fingerprint density at radius 2 is 1.90 bits per heavy atom. The van der Waals surface area contributed by atoms with Crippen molar-refractivity contribution in [2.45, 2.75) is 44.7 Å². The van der Waals surface area contributed by atoms with Crippen molar-refractivity contribution in [3.63, 3.8) is 0 Å². The molecule has 4 nitrogen and oxygen atoms in total. The summed E-state index contributed by atoms with van der Waals surface area (Å²) in [5.74, 6) is -0.0268. The molecule has 1 heterocycles. The van der Waals surface area contributed by atoms with Gasteiger partial charge < -0.3 is 5.32 Å². The molecule has 1 spiro atoms. The number of rotatable bonds is 4. The molecule has 1 N–H and O–H groups in total. The molecule has 6 rings (SSSR count). The van der Waals surface area contributed by atoms with E-state index in [1.807, 2.05) is 22.9 Å². The second-order valence-electron chi connectivity index (χ2n) is 9.27. The molecule has 2 fully saturated rings. The van der Waals surface area contributed by atoms with Crippen LogP contribution in [-0.2, 0) is 6.54 Å². The van der Waals surface area contributed by atoms with Crippen molar-refractivity contribution in [1.29, 1.82) is 0 Å². The van der Waals surface area contributed by atoms with Crippen LogP contribution in [0.1, 0.15) is 48.0 Å². The molecule has 0 atom stereocenters. The zero-order valence-electron chi connectivity index (χ0n) is 17.3. The average Bonchev–Trinajstić information content (AvgIpc) is 3.13. The fourth-order valence-corrected chi connectivity index (χ4v) is 5.62. The third-order valence-corrected chi connectivity index (χ3v) is 7.58. The van der Waals surface area contributed by atoms with Crippen LogP contribution in [0.25, 0.3) is 21.7 Å². The van der Waals surface area contributed by atoms with Crippen LogP contribution in [0.15, 0.2) is 60.8 Å². The SMILES string of the molecule is O=C(NC1CC2(CCC2)C1)c1ccc(Cl)c2cnn(Cc3ccc4ccccc4c3)c12. The van der Waals surface area contributed by atoms with Gasteiger partial charge in [-0.1, -0.05) is 54.4 Å². The minimum atomic E-state index is -0.0268. The predicted molar refractivity (Wildman–Crippen MR) is 125 cm³/mol. The minimum absolute atomic E-state index is 0.0268. The van der Waals surface area contributed by atoms with Crippen molar-refractivity contribution in [3.05, 3.63) is 76.9 Å². The minimum Gasteiger partial charge on any atom is -0.349 e. The quantitative estimate of drug-likeness (QED) is 0.435. The highest BCUT2D eigenvalue weighted by molar-refractivity contribution is 6.36. The van der Waals surface area contributed by atoms with Crippen molar-refractivity contribution >= 4 is 39.2 Å². The van der Waals surface area contributed by atoms with Crippen molar-refractivity contribution in [1.82, 2.24) is 15.1 Å². The Bertz CT molecular complexity index is 1310. The molecule has 1 aromatic heterocycles. The van der Waals surface area contributed by atoms with E-state index in [4.69, 9.17) is 11.6 Å². The van der Waals surface area contributed by atoms with Crippen LogP contribution in [0, 0.1) is 5.41 Å². The van der Waals surface area contributed by atoms with Gasteiger partial charge in [0.25, 0.3) is 5.91 Å². The van der Waals surface area contributed by atoms with E-state index in [1.54, 1.807) is 12.3 Å². The van der Waals surface area contributed by atoms with Crippen LogP contribution in [0.3, 0.4) is 0 Å². The van der Waals surface area contributed by atoms with E-state index in [0.29, 0.717) is 22.5 Å². The van der Waals surface area contributed by atoms with Crippen molar-refractivity contribution < 1.29 is 4.79 Å². The summed E-state index contributed by atoms with van der Waals surface area (Å²) in [5.41, 5.74) is 3.12. The zero-order chi connectivity index (χ0) is 21.0. The van der Waals surface area contributed by atoms with E-state index >= 15 is 0 Å². The predicted octanol–water partition coefficient (Wildman–Crippen LogP) is 5.95. The van der Waals surface area contributed by atoms with Gasteiger partial charge in [-0.2, -0.15) is 5.10 Å². The van der Waals surface area contributed by atoms with E-state index in [9.17, 15) is 4.79 Å². The number of carbonyl (C=O) groups is 1. The number of aromatic nitrogens is 2. The number of halogens is 1. The number of hydrogen-bond donors (Lipinski definition) is 1. The van der Waals surface area contributed by atoms with E-state index in [1.165, 1.54) is 30.0 Å². The third kappa shape index (κ3) is 3.21. The standard InChI is InChI=1S/C26H24ClN3O/c27-23-9-8-21(25(31)29-20-13-26(14-20)10-3-11-26)24-22(23)15-28-30(24)16-17-6-7-18-4-1-2-5-19(18)12-17/h1-2,4-9,12,15,20H,3,10-11,13-14,16H2,(H,29,31). The van der Waals surface area contributed by atoms with Gasteiger partial charge in [0.15, 0.2) is 0 Å². The number of nitrogens with zero attached hydrogens (tertiary/aromatic N) is 2. The maximum atomic E-state index is 13.2. The third-order valence-electron chi connectivity index (χ3n) is 7.25. The summed E-state index contributed by atoms with van der Waals surface area (Å²) >= 11 is 6.45. The van der Waals surface area contributed by atoms with Gasteiger partial charge >= 0.3 is 0 Å². The van der Waals surface area contributed by atoms with Crippen molar-refractivity contribution in [2.24, 2.45) is 5.41 Å². The summed E-state index contributed by atoms with van der Waals surface area (Å²) in [6.07, 6.45) is 7.98. The Labute approximate surface area is 186 Å². The number of carbonyl (C=O) groups excluding carboxylic acids is 1. The lowest BCUT2D eigenvalue weighted by atomic mass is 9.54. The molecule has 0 saturated heterocycles. The van der Waals surface area contributed by atoms with Gasteiger partial charge in [-0.05, 0) is 65.6 Å². The molecular weight excluding hydrogens is 406 g/mol. The molecule has 2 aliphatic rings. The molecule has 2 saturated carbocycles. The van der Waals surface area contributed by atoms with Crippen LogP contribution >= 0.6 is 11.6 Å². The molecule has 0 radical (unpaired) electrons. The monoisotopic (exact) mass is 429 g/mol. The summed E-state index contributed by atoms with van der Waals surface area (Å²) in [6.45, 7) is 0.585. The molecule has 0 aliphatic heterocycles. The van der Waals surface area contributed by atoms with Gasteiger partial charge in [0, 0.05) is 11.4 Å². The van der Waals surface area contributed by atoms with Crippen LogP contribution in [-0.4, -0.2) is 21.7 Å². The average molecular weight is 430 g/mol.